The Morgan fingerprint density at radius 2 is 0.531 bits per heavy atom. The number of carbonyl (C=O) groups excluding carboxylic acids is 8. The van der Waals surface area contributed by atoms with Crippen LogP contribution < -0.4 is 0 Å². The van der Waals surface area contributed by atoms with E-state index in [4.69, 9.17) is 132 Å². The summed E-state index contributed by atoms with van der Waals surface area (Å²) in [6.07, 6.45) is 2.37. The zero-order chi connectivity index (χ0) is 93.9. The summed E-state index contributed by atoms with van der Waals surface area (Å²) >= 11 is 48.4. The fraction of sp³-hybridized carbons (Fsp3) is 0.375. The normalized spacial score (nSPS) is 22.6. The molecule has 24 nitrogen and oxygen atoms in total. The van der Waals surface area contributed by atoms with Gasteiger partial charge in [-0.2, -0.15) is 0 Å². The largest absolute Gasteiger partial charge is 0.384 e. The minimum Gasteiger partial charge on any atom is -0.384 e. The van der Waals surface area contributed by atoms with Gasteiger partial charge in [0.25, 0.3) is 23.6 Å². The van der Waals surface area contributed by atoms with E-state index in [1.807, 2.05) is 156 Å². The topological polar surface area (TPSA) is 273 Å². The summed E-state index contributed by atoms with van der Waals surface area (Å²) < 4.78 is 27.6. The van der Waals surface area contributed by atoms with Gasteiger partial charge in [-0.3, -0.25) is 57.7 Å². The second-order valence-corrected chi connectivity index (χ2v) is 37.1. The maximum absolute atomic E-state index is 13.8. The molecule has 8 aliphatic heterocycles. The lowest BCUT2D eigenvalue weighted by molar-refractivity contribution is -0.161. The van der Waals surface area contributed by atoms with E-state index >= 15 is 0 Å². The molecule has 8 aromatic carbocycles. The van der Waals surface area contributed by atoms with Crippen LogP contribution in [0.2, 0.25) is 40.2 Å². The molecule has 684 valence electrons. The van der Waals surface area contributed by atoms with E-state index in [1.165, 1.54) is 44.5 Å². The van der Waals surface area contributed by atoms with E-state index in [0.717, 1.165) is 67.1 Å². The van der Waals surface area contributed by atoms with Crippen molar-refractivity contribution in [3.8, 4) is 0 Å². The molecule has 0 radical (unpaired) electrons. The third-order valence-electron chi connectivity index (χ3n) is 24.0. The van der Waals surface area contributed by atoms with Crippen molar-refractivity contribution < 1.29 is 85.8 Å². The Balaban J connectivity index is 0.000000148. The number of hydrogen-bond acceptors (Lipinski definition) is 20. The summed E-state index contributed by atoms with van der Waals surface area (Å²) in [6.45, 7) is 25.1. The second-order valence-electron chi connectivity index (χ2n) is 33.7. The van der Waals surface area contributed by atoms with Crippen LogP contribution >= 0.6 is 92.8 Å². The molecule has 16 rings (SSSR count). The average molecular weight is 1940 g/mol. The minimum atomic E-state index is -0.854. The molecule has 0 aromatic heterocycles. The number of nitrogens with zero attached hydrogens (tertiary/aromatic N) is 8. The molecule has 0 aliphatic carbocycles. The first-order valence-corrected chi connectivity index (χ1v) is 45.2. The Morgan fingerprint density at radius 1 is 0.331 bits per heavy atom. The Morgan fingerprint density at radius 3 is 0.715 bits per heavy atom. The van der Waals surface area contributed by atoms with Crippen molar-refractivity contribution in [3.63, 3.8) is 0 Å². The Bertz CT molecular complexity index is 5560. The van der Waals surface area contributed by atoms with E-state index in [9.17, 15) is 47.1 Å². The van der Waals surface area contributed by atoms with Crippen LogP contribution in [-0.4, -0.2) is 142 Å². The third-order valence-corrected chi connectivity index (χ3v) is 26.0. The number of hydrogen-bond donors (Lipinski definition) is 0. The van der Waals surface area contributed by atoms with E-state index < -0.39 is 57.7 Å². The molecule has 0 unspecified atom stereocenters. The van der Waals surface area contributed by atoms with Crippen molar-refractivity contribution in [1.29, 1.82) is 0 Å². The van der Waals surface area contributed by atoms with Gasteiger partial charge in [0.05, 0.1) is 93.0 Å². The van der Waals surface area contributed by atoms with E-state index in [2.05, 4.69) is 20.6 Å². The number of Topliss-reactive ketones (excluding diaryl/α,β-unsaturated/α-hetero) is 4. The van der Waals surface area contributed by atoms with Crippen molar-refractivity contribution in [2.75, 3.05) is 52.6 Å². The van der Waals surface area contributed by atoms with E-state index in [-0.39, 0.29) is 119 Å². The molecular formula is C96H94Cl8F2N8O16. The van der Waals surface area contributed by atoms with Crippen LogP contribution in [0.5, 0.6) is 0 Å². The quantitative estimate of drug-likeness (QED) is 0.0402. The molecule has 0 bridgehead atoms. The average Bonchev–Trinajstić information content (AvgIpc) is 1.64. The lowest BCUT2D eigenvalue weighted by Gasteiger charge is -2.22. The molecule has 8 atom stereocenters. The summed E-state index contributed by atoms with van der Waals surface area (Å²) in [5.74, 6) is -4.06. The van der Waals surface area contributed by atoms with Crippen LogP contribution in [0.15, 0.2) is 154 Å². The number of halogens is 10. The summed E-state index contributed by atoms with van der Waals surface area (Å²) in [5.41, 5.74) is 11.7. The minimum absolute atomic E-state index is 0.0722. The number of rotatable bonds is 24. The van der Waals surface area contributed by atoms with Gasteiger partial charge in [-0.05, 0) is 213 Å². The molecule has 4 amide bonds. The van der Waals surface area contributed by atoms with Crippen LogP contribution in [0, 0.1) is 63.0 Å². The van der Waals surface area contributed by atoms with Crippen LogP contribution in [0.1, 0.15) is 215 Å². The number of hydroxylamine groups is 8. The summed E-state index contributed by atoms with van der Waals surface area (Å²) in [4.78, 5) is 145. The molecule has 4 fully saturated rings. The number of benzene rings is 8. The van der Waals surface area contributed by atoms with Crippen LogP contribution in [-0.2, 0) is 80.3 Å². The zero-order valence-electron chi connectivity index (χ0n) is 73.2. The van der Waals surface area contributed by atoms with Gasteiger partial charge >= 0.3 is 0 Å². The number of aryl methyl sites for hydroxylation is 4. The third kappa shape index (κ3) is 21.6. The molecule has 4 saturated heterocycles. The lowest BCUT2D eigenvalue weighted by Crippen LogP contribution is -2.27. The Hall–Kier alpha value is -9.78. The highest BCUT2D eigenvalue weighted by Crippen LogP contribution is 2.45. The SMILES string of the molecule is CCN1OC[C@@H](CC(=O)c2ccc(C3=NO[C@@](C)(c4cc(Cl)c(F)c(Cl)c4)C3)cc2C)C1=O.CCN1OC[C@@H](CC(=O)c2ccc(C3=NO[C@@](C)(c4cc(Cl)cc(Cl)c4)C3)cc2C)C1=O.CCN1OC[C@@H](CC(=O)c2ccc(C3=NO[C@](C)(c4cc(Cl)c(F)c(Cl)c4)C3)cc2C)C1=O.CCN1OC[C@@H](CC(=O)c2ccc(C3=NO[C@](C)(c4cc(Cl)cc(Cl)c4)C3)cc2C)C1=O. The van der Waals surface area contributed by atoms with Crippen molar-refractivity contribution in [2.24, 2.45) is 44.3 Å². The highest BCUT2D eigenvalue weighted by Gasteiger charge is 2.45. The first kappa shape index (κ1) is 97.7. The summed E-state index contributed by atoms with van der Waals surface area (Å²) in [7, 11) is 0. The summed E-state index contributed by atoms with van der Waals surface area (Å²) in [6, 6.07) is 38.6. The lowest BCUT2D eigenvalue weighted by atomic mass is 9.88. The fourth-order valence-electron chi connectivity index (χ4n) is 16.4. The molecule has 8 aliphatic rings. The van der Waals surface area contributed by atoms with Crippen molar-refractivity contribution >= 4 is 162 Å². The molecular weight excluding hydrogens is 1840 g/mol. The van der Waals surface area contributed by atoms with Crippen molar-refractivity contribution in [1.82, 2.24) is 20.3 Å². The molecule has 0 spiro atoms. The van der Waals surface area contributed by atoms with Gasteiger partial charge < -0.3 is 19.4 Å². The maximum Gasteiger partial charge on any atom is 0.252 e. The maximum atomic E-state index is 13.8. The van der Waals surface area contributed by atoms with Crippen LogP contribution in [0.25, 0.3) is 0 Å². The highest BCUT2D eigenvalue weighted by atomic mass is 35.5. The molecule has 0 saturated carbocycles. The first-order valence-electron chi connectivity index (χ1n) is 42.2. The fourth-order valence-corrected chi connectivity index (χ4v) is 18.5. The highest BCUT2D eigenvalue weighted by molar-refractivity contribution is 6.37. The van der Waals surface area contributed by atoms with Gasteiger partial charge in [-0.25, -0.2) is 29.0 Å². The van der Waals surface area contributed by atoms with E-state index in [1.54, 1.807) is 36.4 Å². The van der Waals surface area contributed by atoms with Gasteiger partial charge in [-0.1, -0.05) is 162 Å². The van der Waals surface area contributed by atoms with Gasteiger partial charge in [0, 0.05) is 142 Å². The Labute approximate surface area is 791 Å². The van der Waals surface area contributed by atoms with Gasteiger partial charge in [0.15, 0.2) is 57.2 Å². The van der Waals surface area contributed by atoms with Gasteiger partial charge in [-0.15, -0.1) is 0 Å². The standard InChI is InChI=1S/2C24H23Cl2FN2O4.2C24H24Cl2N2O4/c2*1-4-29-23(31)15(12-32-29)8-21(30)17-6-5-14(7-13(17)2)20-11-24(3,33-28-20)16-9-18(25)22(27)19(26)10-16;2*1-4-28-23(30)16(13-31-28)8-22(29)20-6-5-15(7-14(20)2)21-12-24(3,32-27-21)17-9-18(25)11-19(26)10-17/h2*5-7,9-10,15H,4,8,11-12H2,1-3H3;2*5-7,9-11,16H,4,8,12-13H2,1-3H3/t15-,24+;15-,24-;16-,24+;16-,24-/m1111/s1. The smallest absolute Gasteiger partial charge is 0.252 e. The van der Waals surface area contributed by atoms with Gasteiger partial charge in [0.1, 0.15) is 0 Å². The van der Waals surface area contributed by atoms with Gasteiger partial charge in [0.2, 0.25) is 0 Å². The molecule has 34 heteroatoms. The first-order chi connectivity index (χ1) is 61.6. The van der Waals surface area contributed by atoms with E-state index in [0.29, 0.717) is 117 Å². The zero-order valence-corrected chi connectivity index (χ0v) is 79.3. The number of amides is 4. The summed E-state index contributed by atoms with van der Waals surface area (Å²) in [5, 5.41) is 24.1. The van der Waals surface area contributed by atoms with Crippen LogP contribution in [0.3, 0.4) is 0 Å². The number of ketones is 4. The molecule has 130 heavy (non-hydrogen) atoms. The second kappa shape index (κ2) is 40.7. The predicted octanol–water partition coefficient (Wildman–Crippen LogP) is 21.6. The number of oxime groups is 4. The van der Waals surface area contributed by atoms with Crippen molar-refractivity contribution in [2.45, 2.75) is 157 Å². The molecule has 8 aromatic rings. The molecule has 0 N–H and O–H groups in total. The van der Waals surface area contributed by atoms with Crippen molar-refractivity contribution in [3.05, 3.63) is 274 Å². The number of carbonyl (C=O) groups is 8. The molecule has 8 heterocycles. The monoisotopic (exact) mass is 1930 g/mol. The Kier molecular flexibility index (Phi) is 30.6. The van der Waals surface area contributed by atoms with Crippen LogP contribution in [0.4, 0.5) is 8.78 Å². The predicted molar refractivity (Wildman–Crippen MR) is 492 cm³/mol.